The predicted molar refractivity (Wildman–Crippen MR) is 98.0 cm³/mol. The number of carbonyl (C=O) groups excluding carboxylic acids is 2. The first-order valence-corrected chi connectivity index (χ1v) is 8.87. The van der Waals surface area contributed by atoms with Crippen molar-refractivity contribution in [2.24, 2.45) is 0 Å². The van der Waals surface area contributed by atoms with Gasteiger partial charge in [-0.1, -0.05) is 25.1 Å². The van der Waals surface area contributed by atoms with Crippen LogP contribution in [0.25, 0.3) is 0 Å². The minimum Gasteiger partial charge on any atom is -0.483 e. The molecule has 3 rings (SSSR count). The third-order valence-corrected chi connectivity index (χ3v) is 4.55. The summed E-state index contributed by atoms with van der Waals surface area (Å²) in [5.41, 5.74) is 1.72. The molecule has 0 aliphatic carbocycles. The number of para-hydroxylation sites is 1. The molecule has 6 heteroatoms. The first-order valence-electron chi connectivity index (χ1n) is 8.87. The van der Waals surface area contributed by atoms with Crippen molar-refractivity contribution < 1.29 is 14.3 Å². The van der Waals surface area contributed by atoms with Crippen molar-refractivity contribution in [3.63, 3.8) is 0 Å². The molecule has 1 aromatic heterocycles. The minimum atomic E-state index is -0.0492. The molecule has 136 valence electrons. The Morgan fingerprint density at radius 3 is 2.35 bits per heavy atom. The van der Waals surface area contributed by atoms with Gasteiger partial charge in [-0.25, -0.2) is 0 Å². The number of pyridine rings is 1. The van der Waals surface area contributed by atoms with E-state index in [4.69, 9.17) is 4.74 Å². The first-order chi connectivity index (χ1) is 12.7. The van der Waals surface area contributed by atoms with E-state index in [9.17, 15) is 9.59 Å². The number of piperazine rings is 1. The molecule has 1 aliphatic rings. The molecule has 0 spiro atoms. The van der Waals surface area contributed by atoms with Crippen LogP contribution in [0.4, 0.5) is 0 Å². The van der Waals surface area contributed by atoms with Crippen LogP contribution in [-0.2, 0) is 11.2 Å². The van der Waals surface area contributed by atoms with Crippen LogP contribution >= 0.6 is 0 Å². The molecule has 1 aromatic carbocycles. The molecule has 0 N–H and O–H groups in total. The van der Waals surface area contributed by atoms with Gasteiger partial charge in [0.25, 0.3) is 11.8 Å². The number of aromatic nitrogens is 1. The summed E-state index contributed by atoms with van der Waals surface area (Å²) in [5.74, 6) is 0.689. The second-order valence-electron chi connectivity index (χ2n) is 6.16. The Balaban J connectivity index is 1.50. The Morgan fingerprint density at radius 1 is 1.00 bits per heavy atom. The van der Waals surface area contributed by atoms with E-state index >= 15 is 0 Å². The number of amides is 2. The molecule has 2 heterocycles. The normalized spacial score (nSPS) is 14.2. The average molecular weight is 353 g/mol. The van der Waals surface area contributed by atoms with Crippen molar-refractivity contribution in [1.29, 1.82) is 0 Å². The summed E-state index contributed by atoms with van der Waals surface area (Å²) in [6, 6.07) is 11.2. The fraction of sp³-hybridized carbons (Fsp3) is 0.350. The van der Waals surface area contributed by atoms with Crippen LogP contribution in [-0.4, -0.2) is 59.4 Å². The van der Waals surface area contributed by atoms with Crippen LogP contribution < -0.4 is 4.74 Å². The number of nitrogens with zero attached hydrogens (tertiary/aromatic N) is 3. The Labute approximate surface area is 153 Å². The van der Waals surface area contributed by atoms with Crippen molar-refractivity contribution in [2.75, 3.05) is 32.8 Å². The molecule has 1 saturated heterocycles. The molecule has 1 aliphatic heterocycles. The van der Waals surface area contributed by atoms with E-state index in [2.05, 4.69) is 11.9 Å². The molecule has 0 saturated carbocycles. The maximum Gasteiger partial charge on any atom is 0.260 e. The van der Waals surface area contributed by atoms with Gasteiger partial charge in [-0.05, 0) is 30.2 Å². The van der Waals surface area contributed by atoms with Crippen LogP contribution in [0.3, 0.4) is 0 Å². The number of ether oxygens (including phenoxy) is 1. The summed E-state index contributed by atoms with van der Waals surface area (Å²) in [7, 11) is 0. The van der Waals surface area contributed by atoms with Crippen molar-refractivity contribution in [3.8, 4) is 5.75 Å². The van der Waals surface area contributed by atoms with Gasteiger partial charge in [-0.2, -0.15) is 0 Å². The van der Waals surface area contributed by atoms with E-state index in [-0.39, 0.29) is 18.4 Å². The first kappa shape index (κ1) is 17.9. The largest absolute Gasteiger partial charge is 0.483 e. The van der Waals surface area contributed by atoms with Gasteiger partial charge in [0.05, 0.1) is 0 Å². The lowest BCUT2D eigenvalue weighted by Crippen LogP contribution is -2.51. The lowest BCUT2D eigenvalue weighted by Gasteiger charge is -2.34. The number of aryl methyl sites for hydroxylation is 1. The van der Waals surface area contributed by atoms with Gasteiger partial charge in [0, 0.05) is 44.1 Å². The molecule has 0 unspecified atom stereocenters. The predicted octanol–water partition coefficient (Wildman–Crippen LogP) is 2.01. The fourth-order valence-electron chi connectivity index (χ4n) is 3.00. The van der Waals surface area contributed by atoms with Gasteiger partial charge in [0.2, 0.25) is 0 Å². The monoisotopic (exact) mass is 353 g/mol. The summed E-state index contributed by atoms with van der Waals surface area (Å²) in [4.78, 5) is 32.3. The zero-order chi connectivity index (χ0) is 18.4. The SMILES string of the molecule is CCc1ccccc1OCC(=O)N1CCN(C(=O)c2ccncc2)CC1. The van der Waals surface area contributed by atoms with Crippen LogP contribution in [0.1, 0.15) is 22.8 Å². The Hall–Kier alpha value is -2.89. The van der Waals surface area contributed by atoms with Crippen molar-refractivity contribution in [3.05, 3.63) is 59.9 Å². The summed E-state index contributed by atoms with van der Waals surface area (Å²) in [6.07, 6.45) is 4.08. The van der Waals surface area contributed by atoms with Crippen molar-refractivity contribution >= 4 is 11.8 Å². The zero-order valence-corrected chi connectivity index (χ0v) is 14.9. The molecular formula is C20H23N3O3. The van der Waals surface area contributed by atoms with Crippen LogP contribution in [0.15, 0.2) is 48.8 Å². The molecule has 0 bridgehead atoms. The maximum absolute atomic E-state index is 12.4. The van der Waals surface area contributed by atoms with Crippen LogP contribution in [0, 0.1) is 0 Å². The van der Waals surface area contributed by atoms with Crippen LogP contribution in [0.5, 0.6) is 5.75 Å². The third kappa shape index (κ3) is 4.20. The summed E-state index contributed by atoms with van der Waals surface area (Å²) in [5, 5.41) is 0. The second kappa shape index (κ2) is 8.47. The van der Waals surface area contributed by atoms with E-state index in [1.165, 1.54) is 0 Å². The molecule has 0 atom stereocenters. The molecule has 0 radical (unpaired) electrons. The molecule has 2 aromatic rings. The fourth-order valence-corrected chi connectivity index (χ4v) is 3.00. The number of benzene rings is 1. The highest BCUT2D eigenvalue weighted by molar-refractivity contribution is 5.94. The highest BCUT2D eigenvalue weighted by atomic mass is 16.5. The van der Waals surface area contributed by atoms with Gasteiger partial charge < -0.3 is 14.5 Å². The van der Waals surface area contributed by atoms with E-state index in [0.29, 0.717) is 31.7 Å². The van der Waals surface area contributed by atoms with Gasteiger partial charge >= 0.3 is 0 Å². The summed E-state index contributed by atoms with van der Waals surface area (Å²) < 4.78 is 5.71. The molecular weight excluding hydrogens is 330 g/mol. The summed E-state index contributed by atoms with van der Waals surface area (Å²) >= 11 is 0. The average Bonchev–Trinajstić information content (AvgIpc) is 2.72. The lowest BCUT2D eigenvalue weighted by atomic mass is 10.1. The van der Waals surface area contributed by atoms with Gasteiger partial charge in [0.15, 0.2) is 6.61 Å². The Bertz CT molecular complexity index is 756. The smallest absolute Gasteiger partial charge is 0.260 e. The zero-order valence-electron chi connectivity index (χ0n) is 14.9. The van der Waals surface area contributed by atoms with Crippen molar-refractivity contribution in [2.45, 2.75) is 13.3 Å². The highest BCUT2D eigenvalue weighted by Gasteiger charge is 2.25. The second-order valence-corrected chi connectivity index (χ2v) is 6.16. The van der Waals surface area contributed by atoms with E-state index < -0.39 is 0 Å². The van der Waals surface area contributed by atoms with Gasteiger partial charge in [0.1, 0.15) is 5.75 Å². The van der Waals surface area contributed by atoms with Crippen LogP contribution in [0.2, 0.25) is 0 Å². The number of hydrogen-bond donors (Lipinski definition) is 0. The molecule has 2 amide bonds. The maximum atomic E-state index is 12.4. The number of hydrogen-bond acceptors (Lipinski definition) is 4. The quantitative estimate of drug-likeness (QED) is 0.825. The minimum absolute atomic E-state index is 0.0207. The van der Waals surface area contributed by atoms with E-state index in [0.717, 1.165) is 17.7 Å². The third-order valence-electron chi connectivity index (χ3n) is 4.55. The van der Waals surface area contributed by atoms with E-state index in [1.54, 1.807) is 34.3 Å². The molecule has 26 heavy (non-hydrogen) atoms. The molecule has 6 nitrogen and oxygen atoms in total. The number of rotatable bonds is 5. The topological polar surface area (TPSA) is 62.7 Å². The Morgan fingerprint density at radius 2 is 1.65 bits per heavy atom. The van der Waals surface area contributed by atoms with Crippen molar-refractivity contribution in [1.82, 2.24) is 14.8 Å². The van der Waals surface area contributed by atoms with Gasteiger partial charge in [-0.15, -0.1) is 0 Å². The summed E-state index contributed by atoms with van der Waals surface area (Å²) in [6.45, 7) is 4.18. The standard InChI is InChI=1S/C20H23N3O3/c1-2-16-5-3-4-6-18(16)26-15-19(24)22-11-13-23(14-12-22)20(25)17-7-9-21-10-8-17/h3-10H,2,11-15H2,1H3. The Kier molecular flexibility index (Phi) is 5.84. The lowest BCUT2D eigenvalue weighted by molar-refractivity contribution is -0.134. The number of carbonyl (C=O) groups is 2. The van der Waals surface area contributed by atoms with E-state index in [1.807, 2.05) is 24.3 Å². The molecule has 1 fully saturated rings. The highest BCUT2D eigenvalue weighted by Crippen LogP contribution is 2.18. The van der Waals surface area contributed by atoms with Gasteiger partial charge in [-0.3, -0.25) is 14.6 Å².